The van der Waals surface area contributed by atoms with Gasteiger partial charge in [0.25, 0.3) is 5.91 Å². The summed E-state index contributed by atoms with van der Waals surface area (Å²) in [5.41, 5.74) is 11.7. The van der Waals surface area contributed by atoms with Crippen LogP contribution in [0.1, 0.15) is 66.1 Å². The minimum Gasteiger partial charge on any atom is -0.364 e. The molecule has 6 rings (SSSR count). The fourth-order valence-electron chi connectivity index (χ4n) is 6.84. The topological polar surface area (TPSA) is 94.9 Å². The van der Waals surface area contributed by atoms with Gasteiger partial charge in [-0.25, -0.2) is 9.37 Å². The first kappa shape index (κ1) is 25.7. The van der Waals surface area contributed by atoms with Crippen LogP contribution in [0, 0.1) is 18.8 Å². The number of nitrogens with zero attached hydrogens (tertiary/aromatic N) is 6. The van der Waals surface area contributed by atoms with Crippen LogP contribution >= 0.6 is 0 Å². The van der Waals surface area contributed by atoms with Gasteiger partial charge in [-0.05, 0) is 67.0 Å². The molecule has 2 N–H and O–H groups in total. The van der Waals surface area contributed by atoms with Crippen molar-refractivity contribution in [3.63, 3.8) is 0 Å². The summed E-state index contributed by atoms with van der Waals surface area (Å²) in [5, 5.41) is 8.69. The molecule has 2 fully saturated rings. The molecule has 0 unspecified atom stereocenters. The SMILES string of the molecule is Cc1cn(-c2cccc(C3(c4nncn4C)CC(C)C3)c2)c2c(CN3CC[C@H](F)[C@H](C)C3)cc(C(N)=O)nc12. The van der Waals surface area contributed by atoms with E-state index in [2.05, 4.69) is 62.0 Å². The Morgan fingerprint density at radius 2 is 2.03 bits per heavy atom. The Morgan fingerprint density at radius 1 is 1.23 bits per heavy atom. The lowest BCUT2D eigenvalue weighted by Crippen LogP contribution is -2.43. The Morgan fingerprint density at radius 3 is 2.69 bits per heavy atom. The Labute approximate surface area is 228 Å². The molecular formula is C30H36FN7O. The van der Waals surface area contributed by atoms with Crippen LogP contribution in [0.25, 0.3) is 16.7 Å². The monoisotopic (exact) mass is 529 g/mol. The smallest absolute Gasteiger partial charge is 0.267 e. The van der Waals surface area contributed by atoms with Gasteiger partial charge < -0.3 is 14.9 Å². The maximum Gasteiger partial charge on any atom is 0.267 e. The number of hydrogen-bond donors (Lipinski definition) is 1. The molecule has 1 saturated heterocycles. The van der Waals surface area contributed by atoms with E-state index in [9.17, 15) is 9.18 Å². The van der Waals surface area contributed by atoms with Gasteiger partial charge in [0.15, 0.2) is 0 Å². The van der Waals surface area contributed by atoms with Gasteiger partial charge in [-0.1, -0.05) is 26.0 Å². The van der Waals surface area contributed by atoms with Crippen molar-refractivity contribution in [2.45, 2.75) is 58.2 Å². The number of aromatic nitrogens is 5. The molecular weight excluding hydrogens is 493 g/mol. The van der Waals surface area contributed by atoms with Crippen molar-refractivity contribution in [1.82, 2.24) is 29.2 Å². The summed E-state index contributed by atoms with van der Waals surface area (Å²) < 4.78 is 18.4. The average molecular weight is 530 g/mol. The number of halogens is 1. The number of benzene rings is 1. The number of rotatable bonds is 6. The summed E-state index contributed by atoms with van der Waals surface area (Å²) in [4.78, 5) is 19.1. The number of piperidine rings is 1. The summed E-state index contributed by atoms with van der Waals surface area (Å²) in [5.74, 6) is 1.02. The highest BCUT2D eigenvalue weighted by Gasteiger charge is 2.48. The lowest BCUT2D eigenvalue weighted by molar-refractivity contribution is 0.0928. The molecule has 1 saturated carbocycles. The third-order valence-corrected chi connectivity index (χ3v) is 8.75. The first-order valence-corrected chi connectivity index (χ1v) is 13.8. The number of fused-ring (bicyclic) bond motifs is 1. The van der Waals surface area contributed by atoms with E-state index in [4.69, 9.17) is 5.73 Å². The van der Waals surface area contributed by atoms with Crippen LogP contribution in [0.3, 0.4) is 0 Å². The van der Waals surface area contributed by atoms with Crippen molar-refractivity contribution in [2.24, 2.45) is 24.6 Å². The largest absolute Gasteiger partial charge is 0.364 e. The zero-order valence-corrected chi connectivity index (χ0v) is 23.1. The molecule has 9 heteroatoms. The van der Waals surface area contributed by atoms with Gasteiger partial charge in [-0.2, -0.15) is 0 Å². The van der Waals surface area contributed by atoms with E-state index >= 15 is 0 Å². The molecule has 0 spiro atoms. The summed E-state index contributed by atoms with van der Waals surface area (Å²) in [6, 6.07) is 10.5. The number of carbonyl (C=O) groups is 1. The Kier molecular flexibility index (Phi) is 6.29. The van der Waals surface area contributed by atoms with Crippen LogP contribution in [0.2, 0.25) is 0 Å². The minimum absolute atomic E-state index is 0.0291. The molecule has 1 aromatic carbocycles. The second-order valence-electron chi connectivity index (χ2n) is 11.8. The van der Waals surface area contributed by atoms with Crippen molar-refractivity contribution < 1.29 is 9.18 Å². The van der Waals surface area contributed by atoms with E-state index in [-0.39, 0.29) is 17.0 Å². The number of amides is 1. The maximum atomic E-state index is 14.2. The Balaban J connectivity index is 1.47. The van der Waals surface area contributed by atoms with E-state index in [1.807, 2.05) is 31.5 Å². The molecule has 0 radical (unpaired) electrons. The summed E-state index contributed by atoms with van der Waals surface area (Å²) in [6.45, 7) is 8.19. The lowest BCUT2D eigenvalue weighted by Gasteiger charge is -2.46. The van der Waals surface area contributed by atoms with Crippen LogP contribution < -0.4 is 5.73 Å². The predicted molar refractivity (Wildman–Crippen MR) is 148 cm³/mol. The standard InChI is InChI=1S/C30H36FN7O/c1-18-12-30(13-18,29-35-33-17-36(29)4)22-6-5-7-23(11-22)38-15-20(3)26-27(38)21(10-25(34-26)28(32)39)16-37-9-8-24(31)19(2)14-37/h5-7,10-11,15,17-19,24H,8-9,12-14,16H2,1-4H3,(H2,32,39)/t18?,19-,24+,30?/m1/s1. The number of hydrogen-bond acceptors (Lipinski definition) is 5. The molecule has 39 heavy (non-hydrogen) atoms. The molecule has 0 bridgehead atoms. The van der Waals surface area contributed by atoms with Crippen LogP contribution in [0.5, 0.6) is 0 Å². The quantitative estimate of drug-likeness (QED) is 0.398. The van der Waals surface area contributed by atoms with Gasteiger partial charge >= 0.3 is 0 Å². The van der Waals surface area contributed by atoms with Gasteiger partial charge in [0.05, 0.1) is 16.4 Å². The van der Waals surface area contributed by atoms with E-state index < -0.39 is 12.1 Å². The number of pyridine rings is 1. The van der Waals surface area contributed by atoms with Crippen LogP contribution in [0.15, 0.2) is 42.9 Å². The van der Waals surface area contributed by atoms with Gasteiger partial charge in [-0.15, -0.1) is 10.2 Å². The van der Waals surface area contributed by atoms with Crippen molar-refractivity contribution in [1.29, 1.82) is 0 Å². The fourth-order valence-corrected chi connectivity index (χ4v) is 6.84. The van der Waals surface area contributed by atoms with Crippen molar-refractivity contribution in [3.05, 3.63) is 71.1 Å². The van der Waals surface area contributed by atoms with Gasteiger partial charge in [-0.3, -0.25) is 9.69 Å². The maximum absolute atomic E-state index is 14.2. The molecule has 1 aliphatic heterocycles. The second-order valence-corrected chi connectivity index (χ2v) is 11.8. The van der Waals surface area contributed by atoms with E-state index in [0.29, 0.717) is 32.0 Å². The number of likely N-dealkylation sites (tertiary alicyclic amines) is 1. The Hall–Kier alpha value is -3.59. The second kappa shape index (κ2) is 9.55. The van der Waals surface area contributed by atoms with Crippen molar-refractivity contribution in [2.75, 3.05) is 13.1 Å². The molecule has 2 atom stereocenters. The highest BCUT2D eigenvalue weighted by atomic mass is 19.1. The number of aryl methyl sites for hydroxylation is 2. The highest BCUT2D eigenvalue weighted by Crippen LogP contribution is 2.51. The van der Waals surface area contributed by atoms with Gasteiger partial charge in [0.2, 0.25) is 0 Å². The predicted octanol–water partition coefficient (Wildman–Crippen LogP) is 4.46. The van der Waals surface area contributed by atoms with E-state index in [0.717, 1.165) is 46.5 Å². The third-order valence-electron chi connectivity index (χ3n) is 8.75. The summed E-state index contributed by atoms with van der Waals surface area (Å²) in [6.07, 6.45) is 5.64. The summed E-state index contributed by atoms with van der Waals surface area (Å²) >= 11 is 0. The van der Waals surface area contributed by atoms with Crippen molar-refractivity contribution >= 4 is 16.9 Å². The lowest BCUT2D eigenvalue weighted by atomic mass is 9.58. The van der Waals surface area contributed by atoms with Gasteiger partial charge in [0, 0.05) is 44.5 Å². The molecule has 1 aliphatic carbocycles. The van der Waals surface area contributed by atoms with Crippen LogP contribution in [0.4, 0.5) is 4.39 Å². The van der Waals surface area contributed by atoms with Crippen LogP contribution in [-0.4, -0.2) is 54.4 Å². The first-order chi connectivity index (χ1) is 18.7. The molecule has 204 valence electrons. The fraction of sp³-hybridized carbons (Fsp3) is 0.467. The van der Waals surface area contributed by atoms with Crippen molar-refractivity contribution in [3.8, 4) is 5.69 Å². The average Bonchev–Trinajstić information content (AvgIpc) is 3.47. The molecule has 4 aromatic rings. The first-order valence-electron chi connectivity index (χ1n) is 13.8. The van der Waals surface area contributed by atoms with E-state index in [1.165, 1.54) is 5.56 Å². The normalized spacial score (nSPS) is 25.6. The Bertz CT molecular complexity index is 1550. The zero-order valence-electron chi connectivity index (χ0n) is 23.1. The van der Waals surface area contributed by atoms with Crippen LogP contribution in [-0.2, 0) is 19.0 Å². The van der Waals surface area contributed by atoms with E-state index in [1.54, 1.807) is 6.33 Å². The molecule has 2 aliphatic rings. The number of nitrogens with two attached hydrogens (primary N) is 1. The number of alkyl halides is 1. The minimum atomic E-state index is -0.774. The zero-order chi connectivity index (χ0) is 27.5. The molecule has 3 aromatic heterocycles. The molecule has 1 amide bonds. The third kappa shape index (κ3) is 4.33. The summed E-state index contributed by atoms with van der Waals surface area (Å²) in [7, 11) is 2.01. The number of carbonyl (C=O) groups excluding carboxylic acids is 1. The highest BCUT2D eigenvalue weighted by molar-refractivity contribution is 5.95. The van der Waals surface area contributed by atoms with Gasteiger partial charge in [0.1, 0.15) is 24.0 Å². The number of primary amides is 1. The molecule has 4 heterocycles. The molecule has 8 nitrogen and oxygen atoms in total.